The van der Waals surface area contributed by atoms with E-state index in [1.807, 2.05) is 42.8 Å². The predicted molar refractivity (Wildman–Crippen MR) is 147 cm³/mol. The summed E-state index contributed by atoms with van der Waals surface area (Å²) < 4.78 is 36.3. The molecule has 3 aliphatic heterocycles. The van der Waals surface area contributed by atoms with Crippen molar-refractivity contribution in [3.8, 4) is 5.95 Å². The van der Waals surface area contributed by atoms with Crippen molar-refractivity contribution in [1.29, 1.82) is 0 Å². The summed E-state index contributed by atoms with van der Waals surface area (Å²) in [5.41, 5.74) is 3.41. The molecule has 3 aliphatic rings. The molecule has 3 fully saturated rings. The number of aryl methyl sites for hydroxylation is 2. The van der Waals surface area contributed by atoms with Crippen molar-refractivity contribution in [2.45, 2.75) is 32.4 Å². The van der Waals surface area contributed by atoms with Gasteiger partial charge in [-0.15, -0.1) is 0 Å². The Labute approximate surface area is 227 Å². The maximum atomic E-state index is 12.5. The molecule has 3 saturated heterocycles. The van der Waals surface area contributed by atoms with Crippen LogP contribution in [0.15, 0.2) is 24.3 Å². The molecule has 0 unspecified atom stereocenters. The highest BCUT2D eigenvalue weighted by molar-refractivity contribution is 7.89. The van der Waals surface area contributed by atoms with Crippen molar-refractivity contribution in [1.82, 2.24) is 38.3 Å². The SMILES string of the molecule is Cc1nc2ccccc2n1-c1nc(N2CCOCC2)c2nc(CN3CC[C@H](N4CCCS4(=O)=O)C3)n(C)c2n1. The quantitative estimate of drug-likeness (QED) is 0.364. The zero-order valence-electron chi connectivity index (χ0n) is 22.3. The highest BCUT2D eigenvalue weighted by atomic mass is 32.2. The monoisotopic (exact) mass is 551 g/mol. The average molecular weight is 552 g/mol. The highest BCUT2D eigenvalue weighted by Crippen LogP contribution is 2.30. The lowest BCUT2D eigenvalue weighted by molar-refractivity contribution is 0.122. The number of benzene rings is 1. The molecule has 13 heteroatoms. The van der Waals surface area contributed by atoms with Crippen LogP contribution in [0.25, 0.3) is 28.1 Å². The highest BCUT2D eigenvalue weighted by Gasteiger charge is 2.38. The average Bonchev–Trinajstić information content (AvgIpc) is 3.69. The molecule has 1 aromatic carbocycles. The summed E-state index contributed by atoms with van der Waals surface area (Å²) >= 11 is 0. The number of para-hydroxylation sites is 2. The van der Waals surface area contributed by atoms with E-state index >= 15 is 0 Å². The number of anilines is 1. The fourth-order valence-electron chi connectivity index (χ4n) is 6.18. The van der Waals surface area contributed by atoms with Crippen molar-refractivity contribution in [2.24, 2.45) is 7.05 Å². The largest absolute Gasteiger partial charge is 0.378 e. The topological polar surface area (TPSA) is 115 Å². The van der Waals surface area contributed by atoms with Gasteiger partial charge in [0.15, 0.2) is 17.0 Å². The molecule has 0 radical (unpaired) electrons. The first kappa shape index (κ1) is 24.9. The third kappa shape index (κ3) is 4.28. The van der Waals surface area contributed by atoms with E-state index in [2.05, 4.69) is 14.4 Å². The molecule has 0 amide bonds. The van der Waals surface area contributed by atoms with E-state index in [1.165, 1.54) is 0 Å². The third-order valence-electron chi connectivity index (χ3n) is 8.18. The number of imidazole rings is 2. The van der Waals surface area contributed by atoms with Gasteiger partial charge in [0.2, 0.25) is 16.0 Å². The summed E-state index contributed by atoms with van der Waals surface area (Å²) in [5.74, 6) is 3.37. The van der Waals surface area contributed by atoms with E-state index in [-0.39, 0.29) is 11.8 Å². The number of likely N-dealkylation sites (tertiary alicyclic amines) is 1. The second-order valence-corrected chi connectivity index (χ2v) is 12.7. The zero-order valence-corrected chi connectivity index (χ0v) is 23.1. The van der Waals surface area contributed by atoms with Gasteiger partial charge >= 0.3 is 0 Å². The summed E-state index contributed by atoms with van der Waals surface area (Å²) in [6, 6.07) is 8.06. The molecular weight excluding hydrogens is 518 g/mol. The van der Waals surface area contributed by atoms with Crippen LogP contribution in [-0.4, -0.2) is 104 Å². The number of ether oxygens (including phenoxy) is 1. The molecule has 0 spiro atoms. The van der Waals surface area contributed by atoms with Crippen LogP contribution >= 0.6 is 0 Å². The Kier molecular flexibility index (Phi) is 6.06. The van der Waals surface area contributed by atoms with Gasteiger partial charge in [-0.3, -0.25) is 9.47 Å². The van der Waals surface area contributed by atoms with Crippen LogP contribution in [0.1, 0.15) is 24.5 Å². The lowest BCUT2D eigenvalue weighted by atomic mass is 10.2. The predicted octanol–water partition coefficient (Wildman–Crippen LogP) is 1.46. The summed E-state index contributed by atoms with van der Waals surface area (Å²) in [7, 11) is -1.11. The molecule has 7 rings (SSSR count). The van der Waals surface area contributed by atoms with E-state index < -0.39 is 10.0 Å². The molecule has 4 aromatic rings. The summed E-state index contributed by atoms with van der Waals surface area (Å²) in [5, 5.41) is 0. The minimum atomic E-state index is -3.11. The van der Waals surface area contributed by atoms with Gasteiger partial charge < -0.3 is 14.2 Å². The molecule has 1 atom stereocenters. The molecule has 0 N–H and O–H groups in total. The second-order valence-electron chi connectivity index (χ2n) is 10.6. The third-order valence-corrected chi connectivity index (χ3v) is 10.2. The van der Waals surface area contributed by atoms with Gasteiger partial charge in [0, 0.05) is 45.8 Å². The van der Waals surface area contributed by atoms with Crippen molar-refractivity contribution >= 4 is 38.0 Å². The Balaban J connectivity index is 1.27. The van der Waals surface area contributed by atoms with Crippen LogP contribution in [0.4, 0.5) is 5.82 Å². The lowest BCUT2D eigenvalue weighted by Crippen LogP contribution is -2.38. The van der Waals surface area contributed by atoms with Gasteiger partial charge in [-0.2, -0.15) is 14.3 Å². The summed E-state index contributed by atoms with van der Waals surface area (Å²) in [6.07, 6.45) is 1.57. The van der Waals surface area contributed by atoms with E-state index in [9.17, 15) is 8.42 Å². The number of aromatic nitrogens is 6. The minimum absolute atomic E-state index is 0.0417. The Morgan fingerprint density at radius 1 is 1.03 bits per heavy atom. The number of fused-ring (bicyclic) bond motifs is 2. The Morgan fingerprint density at radius 3 is 2.64 bits per heavy atom. The summed E-state index contributed by atoms with van der Waals surface area (Å²) in [4.78, 5) is 24.4. The number of sulfonamides is 1. The molecule has 0 aliphatic carbocycles. The molecule has 0 bridgehead atoms. The van der Waals surface area contributed by atoms with E-state index in [1.54, 1.807) is 4.31 Å². The lowest BCUT2D eigenvalue weighted by Gasteiger charge is -2.28. The fourth-order valence-corrected chi connectivity index (χ4v) is 7.94. The first-order chi connectivity index (χ1) is 18.9. The standard InChI is InChI=1S/C26H33N9O3S/c1-18-27-20-6-3-4-7-21(20)35(18)26-29-24-23(25(30-26)33-11-13-38-14-12-33)28-22(31(24)2)17-32-10-8-19(16-32)34-9-5-15-39(34,36)37/h3-4,6-7,19H,5,8-17H2,1-2H3/t19-/m0/s1. The van der Waals surface area contributed by atoms with Crippen molar-refractivity contribution < 1.29 is 13.2 Å². The first-order valence-electron chi connectivity index (χ1n) is 13.6. The maximum Gasteiger partial charge on any atom is 0.239 e. The molecule has 0 saturated carbocycles. The van der Waals surface area contributed by atoms with Crippen LogP contribution in [-0.2, 0) is 28.4 Å². The molecule has 6 heterocycles. The first-order valence-corrected chi connectivity index (χ1v) is 15.2. The molecule has 3 aromatic heterocycles. The van der Waals surface area contributed by atoms with Crippen molar-refractivity contribution in [3.63, 3.8) is 0 Å². The normalized spacial score (nSPS) is 22.5. The van der Waals surface area contributed by atoms with Gasteiger partial charge in [0.1, 0.15) is 11.6 Å². The van der Waals surface area contributed by atoms with Crippen molar-refractivity contribution in [3.05, 3.63) is 35.9 Å². The number of hydrogen-bond donors (Lipinski definition) is 0. The van der Waals surface area contributed by atoms with Crippen LogP contribution in [0.3, 0.4) is 0 Å². The van der Waals surface area contributed by atoms with Gasteiger partial charge in [0.25, 0.3) is 0 Å². The van der Waals surface area contributed by atoms with E-state index in [4.69, 9.17) is 24.7 Å². The molecular formula is C26H33N9O3S. The Bertz CT molecular complexity index is 1660. The van der Waals surface area contributed by atoms with E-state index in [0.717, 1.165) is 78.7 Å². The van der Waals surface area contributed by atoms with Crippen LogP contribution in [0.5, 0.6) is 0 Å². The number of nitrogens with zero attached hydrogens (tertiary/aromatic N) is 9. The smallest absolute Gasteiger partial charge is 0.239 e. The van der Waals surface area contributed by atoms with Gasteiger partial charge in [-0.1, -0.05) is 12.1 Å². The fraction of sp³-hybridized carbons (Fsp3) is 0.538. The number of morpholine rings is 1. The Hall–Kier alpha value is -3.13. The zero-order chi connectivity index (χ0) is 26.7. The van der Waals surface area contributed by atoms with Gasteiger partial charge in [0.05, 0.1) is 36.5 Å². The van der Waals surface area contributed by atoms with Crippen molar-refractivity contribution in [2.75, 3.05) is 56.6 Å². The minimum Gasteiger partial charge on any atom is -0.378 e. The second kappa shape index (κ2) is 9.51. The summed E-state index contributed by atoms with van der Waals surface area (Å²) in [6.45, 7) is 7.55. The Morgan fingerprint density at radius 2 is 1.85 bits per heavy atom. The van der Waals surface area contributed by atoms with E-state index in [0.29, 0.717) is 32.3 Å². The molecule has 206 valence electrons. The van der Waals surface area contributed by atoms with Crippen LogP contribution < -0.4 is 4.90 Å². The van der Waals surface area contributed by atoms with Crippen LogP contribution in [0.2, 0.25) is 0 Å². The number of rotatable bonds is 5. The number of hydrogen-bond acceptors (Lipinski definition) is 9. The van der Waals surface area contributed by atoms with Gasteiger partial charge in [-0.25, -0.2) is 18.4 Å². The molecule has 12 nitrogen and oxygen atoms in total. The maximum absolute atomic E-state index is 12.5. The van der Waals surface area contributed by atoms with Gasteiger partial charge in [-0.05, 0) is 31.9 Å². The van der Waals surface area contributed by atoms with Crippen LogP contribution in [0, 0.1) is 6.92 Å². The molecule has 39 heavy (non-hydrogen) atoms.